The van der Waals surface area contributed by atoms with E-state index >= 15 is 0 Å². The molecular formula is C25H23N5O3. The highest BCUT2D eigenvalue weighted by Crippen LogP contribution is 2.33. The number of hydrogen-bond donors (Lipinski definition) is 2. The molecule has 2 aromatic heterocycles. The molecule has 1 aliphatic heterocycles. The predicted molar refractivity (Wildman–Crippen MR) is 126 cm³/mol. The number of ether oxygens (including phenoxy) is 1. The van der Waals surface area contributed by atoms with Gasteiger partial charge in [-0.25, -0.2) is 19.7 Å². The molecule has 1 aliphatic rings. The number of nitrogens with one attached hydrogen (secondary N) is 1. The van der Waals surface area contributed by atoms with E-state index in [1.165, 1.54) is 0 Å². The number of aromatic nitrogens is 3. The molecule has 0 atom stereocenters. The number of para-hydroxylation sites is 1. The maximum Gasteiger partial charge on any atom is 0.336 e. The molecule has 2 N–H and O–H groups in total. The van der Waals surface area contributed by atoms with Crippen LogP contribution in [0.4, 0.5) is 11.6 Å². The van der Waals surface area contributed by atoms with Crippen LogP contribution < -0.4 is 10.1 Å². The minimum absolute atomic E-state index is 0.225. The number of pyridine rings is 1. The normalized spacial score (nSPS) is 13.5. The Morgan fingerprint density at radius 3 is 2.76 bits per heavy atom. The summed E-state index contributed by atoms with van der Waals surface area (Å²) in [6.07, 6.45) is 2.60. The number of fused-ring (bicyclic) bond motifs is 2. The van der Waals surface area contributed by atoms with E-state index in [9.17, 15) is 9.90 Å². The SMILES string of the molecule is COc1nc2c(cc1Nc1ncc3cccc(-c4ccccc4C(=O)O)c3n1)CN(C)CC2. The summed E-state index contributed by atoms with van der Waals surface area (Å²) >= 11 is 0. The fourth-order valence-corrected chi connectivity index (χ4v) is 4.20. The Balaban J connectivity index is 1.58. The first-order valence-electron chi connectivity index (χ1n) is 10.6. The highest BCUT2D eigenvalue weighted by atomic mass is 16.5. The number of likely N-dealkylation sites (N-methyl/N-ethyl adjacent to an activating group) is 1. The maximum absolute atomic E-state index is 11.8. The molecule has 0 aliphatic carbocycles. The quantitative estimate of drug-likeness (QED) is 0.477. The Labute approximate surface area is 190 Å². The van der Waals surface area contributed by atoms with E-state index in [1.54, 1.807) is 31.5 Å². The Hall–Kier alpha value is -4.04. The molecular weight excluding hydrogens is 418 g/mol. The van der Waals surface area contributed by atoms with Gasteiger partial charge in [0, 0.05) is 36.7 Å². The van der Waals surface area contributed by atoms with Gasteiger partial charge in [0.2, 0.25) is 11.8 Å². The minimum Gasteiger partial charge on any atom is -0.480 e. The number of benzene rings is 2. The predicted octanol–water partition coefficient (Wildman–Crippen LogP) is 4.13. The molecule has 0 fully saturated rings. The van der Waals surface area contributed by atoms with Crippen molar-refractivity contribution in [1.29, 1.82) is 0 Å². The summed E-state index contributed by atoms with van der Waals surface area (Å²) in [5.74, 6) is -0.108. The zero-order valence-corrected chi connectivity index (χ0v) is 18.4. The van der Waals surface area contributed by atoms with Crippen molar-refractivity contribution in [1.82, 2.24) is 19.9 Å². The van der Waals surface area contributed by atoms with Crippen LogP contribution in [0.15, 0.2) is 54.7 Å². The van der Waals surface area contributed by atoms with Crippen LogP contribution in [0.25, 0.3) is 22.0 Å². The first-order valence-corrected chi connectivity index (χ1v) is 10.6. The largest absolute Gasteiger partial charge is 0.480 e. The van der Waals surface area contributed by atoms with E-state index in [2.05, 4.69) is 27.2 Å². The summed E-state index contributed by atoms with van der Waals surface area (Å²) in [6.45, 7) is 1.78. The van der Waals surface area contributed by atoms with E-state index in [-0.39, 0.29) is 5.56 Å². The van der Waals surface area contributed by atoms with Crippen molar-refractivity contribution < 1.29 is 14.6 Å². The lowest BCUT2D eigenvalue weighted by Crippen LogP contribution is -2.27. The third-order valence-corrected chi connectivity index (χ3v) is 5.83. The standard InChI is InChI=1S/C25H23N5O3/c1-30-11-10-20-16(14-30)12-21(23(27-20)33-2)28-25-26-13-15-6-5-9-18(22(15)29-25)17-7-3-4-8-19(17)24(31)32/h3-9,12-13H,10-11,14H2,1-2H3,(H,31,32)(H,26,28,29). The van der Waals surface area contributed by atoms with Gasteiger partial charge in [-0.3, -0.25) is 0 Å². The van der Waals surface area contributed by atoms with Crippen LogP contribution in [0.1, 0.15) is 21.6 Å². The number of aromatic carboxylic acids is 1. The van der Waals surface area contributed by atoms with Crippen molar-refractivity contribution in [3.8, 4) is 17.0 Å². The average molecular weight is 441 g/mol. The van der Waals surface area contributed by atoms with E-state index in [0.29, 0.717) is 28.6 Å². The second-order valence-corrected chi connectivity index (χ2v) is 8.05. The molecule has 5 rings (SSSR count). The first-order chi connectivity index (χ1) is 16.0. The molecule has 0 radical (unpaired) electrons. The molecule has 8 nitrogen and oxygen atoms in total. The molecule has 4 aromatic rings. The second kappa shape index (κ2) is 8.48. The van der Waals surface area contributed by atoms with Crippen LogP contribution in [0.5, 0.6) is 5.88 Å². The van der Waals surface area contributed by atoms with E-state index in [0.717, 1.165) is 41.7 Å². The number of hydrogen-bond acceptors (Lipinski definition) is 7. The number of carbonyl (C=O) groups is 1. The Kier molecular flexibility index (Phi) is 5.35. The first kappa shape index (κ1) is 20.8. The van der Waals surface area contributed by atoms with Crippen LogP contribution in [-0.4, -0.2) is 51.6 Å². The highest BCUT2D eigenvalue weighted by molar-refractivity contribution is 6.02. The van der Waals surface area contributed by atoms with Crippen molar-refractivity contribution in [2.75, 3.05) is 26.0 Å². The lowest BCUT2D eigenvalue weighted by Gasteiger charge is -2.25. The smallest absolute Gasteiger partial charge is 0.336 e. The molecule has 0 amide bonds. The molecule has 8 heteroatoms. The number of rotatable bonds is 5. The van der Waals surface area contributed by atoms with Gasteiger partial charge in [-0.05, 0) is 30.3 Å². The summed E-state index contributed by atoms with van der Waals surface area (Å²) in [7, 11) is 3.68. The molecule has 0 bridgehead atoms. The summed E-state index contributed by atoms with van der Waals surface area (Å²) in [4.78, 5) is 27.9. The van der Waals surface area contributed by atoms with E-state index in [1.807, 2.05) is 30.3 Å². The Bertz CT molecular complexity index is 1370. The topological polar surface area (TPSA) is 100 Å². The lowest BCUT2D eigenvalue weighted by atomic mass is 9.98. The summed E-state index contributed by atoms with van der Waals surface area (Å²) in [5, 5.41) is 13.7. The van der Waals surface area contributed by atoms with E-state index in [4.69, 9.17) is 9.72 Å². The molecule has 0 unspecified atom stereocenters. The van der Waals surface area contributed by atoms with Crippen LogP contribution in [0.3, 0.4) is 0 Å². The van der Waals surface area contributed by atoms with Crippen LogP contribution >= 0.6 is 0 Å². The summed E-state index contributed by atoms with van der Waals surface area (Å²) < 4.78 is 5.53. The van der Waals surface area contributed by atoms with Crippen molar-refractivity contribution >= 4 is 28.5 Å². The van der Waals surface area contributed by atoms with Gasteiger partial charge in [-0.1, -0.05) is 36.4 Å². The fraction of sp³-hybridized carbons (Fsp3) is 0.200. The van der Waals surface area contributed by atoms with E-state index < -0.39 is 5.97 Å². The van der Waals surface area contributed by atoms with Crippen molar-refractivity contribution in [2.45, 2.75) is 13.0 Å². The summed E-state index contributed by atoms with van der Waals surface area (Å²) in [6, 6.07) is 14.6. The zero-order chi connectivity index (χ0) is 22.9. The van der Waals surface area contributed by atoms with Gasteiger partial charge in [-0.2, -0.15) is 0 Å². The number of methoxy groups -OCH3 is 1. The number of nitrogens with zero attached hydrogens (tertiary/aromatic N) is 4. The molecule has 2 aromatic carbocycles. The molecule has 0 saturated carbocycles. The van der Waals surface area contributed by atoms with Crippen LogP contribution in [-0.2, 0) is 13.0 Å². The zero-order valence-electron chi connectivity index (χ0n) is 18.4. The number of carboxylic acid groups (broad SMARTS) is 1. The minimum atomic E-state index is -0.982. The van der Waals surface area contributed by atoms with Gasteiger partial charge < -0.3 is 20.1 Å². The van der Waals surface area contributed by atoms with Gasteiger partial charge in [0.15, 0.2) is 0 Å². The maximum atomic E-state index is 11.8. The number of carboxylic acids is 1. The van der Waals surface area contributed by atoms with Crippen molar-refractivity contribution in [2.24, 2.45) is 0 Å². The highest BCUT2D eigenvalue weighted by Gasteiger charge is 2.19. The van der Waals surface area contributed by atoms with Gasteiger partial charge in [0.1, 0.15) is 5.69 Å². The number of anilines is 2. The van der Waals surface area contributed by atoms with Crippen LogP contribution in [0.2, 0.25) is 0 Å². The lowest BCUT2D eigenvalue weighted by molar-refractivity contribution is 0.0697. The fourth-order valence-electron chi connectivity index (χ4n) is 4.20. The van der Waals surface area contributed by atoms with Gasteiger partial charge in [-0.15, -0.1) is 0 Å². The molecule has 0 saturated heterocycles. The molecule has 33 heavy (non-hydrogen) atoms. The Morgan fingerprint density at radius 2 is 1.94 bits per heavy atom. The van der Waals surface area contributed by atoms with Gasteiger partial charge >= 0.3 is 5.97 Å². The third kappa shape index (κ3) is 3.96. The van der Waals surface area contributed by atoms with Crippen molar-refractivity contribution in [3.63, 3.8) is 0 Å². The Morgan fingerprint density at radius 1 is 1.12 bits per heavy atom. The monoisotopic (exact) mass is 441 g/mol. The second-order valence-electron chi connectivity index (χ2n) is 8.05. The molecule has 3 heterocycles. The third-order valence-electron chi connectivity index (χ3n) is 5.83. The van der Waals surface area contributed by atoms with Crippen LogP contribution in [0, 0.1) is 0 Å². The van der Waals surface area contributed by atoms with Gasteiger partial charge in [0.05, 0.1) is 23.9 Å². The summed E-state index contributed by atoms with van der Waals surface area (Å²) in [5.41, 5.74) is 5.10. The van der Waals surface area contributed by atoms with Crippen molar-refractivity contribution in [3.05, 3.63) is 71.5 Å². The molecule has 0 spiro atoms. The molecule has 166 valence electrons. The van der Waals surface area contributed by atoms with Gasteiger partial charge in [0.25, 0.3) is 0 Å². The average Bonchev–Trinajstić information content (AvgIpc) is 2.83.